The minimum atomic E-state index is -1.06. The largest absolute Gasteiger partial charge is 0.480 e. The van der Waals surface area contributed by atoms with E-state index in [9.17, 15) is 14.4 Å². The highest BCUT2D eigenvalue weighted by Gasteiger charge is 2.19. The molecular formula is C20H28N2O4. The Hall–Kier alpha value is -2.37. The lowest BCUT2D eigenvalue weighted by molar-refractivity contribution is -0.144. The van der Waals surface area contributed by atoms with Crippen molar-refractivity contribution < 1.29 is 19.5 Å². The Bertz CT molecular complexity index is 597. The zero-order valence-electron chi connectivity index (χ0n) is 15.2. The molecule has 1 fully saturated rings. The molecule has 0 aromatic heterocycles. The number of carbonyl (C=O) groups is 3. The summed E-state index contributed by atoms with van der Waals surface area (Å²) < 4.78 is 0. The van der Waals surface area contributed by atoms with Crippen molar-refractivity contribution in [2.45, 2.75) is 44.9 Å². The molecule has 6 nitrogen and oxygen atoms in total. The number of rotatable bonds is 10. The van der Waals surface area contributed by atoms with E-state index >= 15 is 0 Å². The van der Waals surface area contributed by atoms with Gasteiger partial charge in [-0.15, -0.1) is 0 Å². The summed E-state index contributed by atoms with van der Waals surface area (Å²) in [6.45, 7) is -0.192. The second-order valence-electron chi connectivity index (χ2n) is 6.91. The van der Waals surface area contributed by atoms with Crippen LogP contribution in [0.25, 0.3) is 0 Å². The van der Waals surface area contributed by atoms with Crippen molar-refractivity contribution in [3.05, 3.63) is 35.9 Å². The fourth-order valence-corrected chi connectivity index (χ4v) is 3.37. The molecular weight excluding hydrogens is 332 g/mol. The first-order valence-corrected chi connectivity index (χ1v) is 9.35. The van der Waals surface area contributed by atoms with Gasteiger partial charge < -0.3 is 15.3 Å². The van der Waals surface area contributed by atoms with Crippen molar-refractivity contribution in [3.8, 4) is 0 Å². The summed E-state index contributed by atoms with van der Waals surface area (Å²) in [5.74, 6) is -0.925. The number of hydrogen-bond acceptors (Lipinski definition) is 3. The fraction of sp³-hybridized carbons (Fsp3) is 0.550. The molecule has 0 saturated heterocycles. The summed E-state index contributed by atoms with van der Waals surface area (Å²) >= 11 is 0. The van der Waals surface area contributed by atoms with Gasteiger partial charge in [0.25, 0.3) is 0 Å². The Morgan fingerprint density at radius 3 is 2.46 bits per heavy atom. The number of aliphatic carboxylic acids is 1. The second-order valence-corrected chi connectivity index (χ2v) is 6.91. The highest BCUT2D eigenvalue weighted by molar-refractivity contribution is 5.86. The van der Waals surface area contributed by atoms with Crippen LogP contribution in [0, 0.1) is 5.92 Å². The van der Waals surface area contributed by atoms with Crippen LogP contribution in [-0.4, -0.2) is 47.4 Å². The fourth-order valence-electron chi connectivity index (χ4n) is 3.37. The number of hydrogen-bond donors (Lipinski definition) is 2. The predicted octanol–water partition coefficient (Wildman–Crippen LogP) is 2.23. The molecule has 0 unspecified atom stereocenters. The average molecular weight is 360 g/mol. The summed E-state index contributed by atoms with van der Waals surface area (Å²) in [5.41, 5.74) is 1.04. The molecule has 1 saturated carbocycles. The summed E-state index contributed by atoms with van der Waals surface area (Å²) in [5, 5.41) is 11.7. The molecule has 0 bridgehead atoms. The van der Waals surface area contributed by atoms with Crippen LogP contribution in [0.3, 0.4) is 0 Å². The van der Waals surface area contributed by atoms with Crippen molar-refractivity contribution in [1.29, 1.82) is 0 Å². The van der Waals surface area contributed by atoms with Crippen LogP contribution in [0.15, 0.2) is 30.3 Å². The number of nitrogens with zero attached hydrogens (tertiary/aromatic N) is 1. The molecule has 1 aliphatic rings. The molecule has 2 rings (SSSR count). The van der Waals surface area contributed by atoms with Crippen molar-refractivity contribution in [3.63, 3.8) is 0 Å². The Kier molecular flexibility index (Phi) is 8.12. The van der Waals surface area contributed by atoms with Crippen LogP contribution in [0.2, 0.25) is 0 Å². The molecule has 6 heteroatoms. The second kappa shape index (κ2) is 10.6. The quantitative estimate of drug-likeness (QED) is 0.670. The zero-order chi connectivity index (χ0) is 18.8. The molecule has 0 atom stereocenters. The maximum atomic E-state index is 12.3. The molecule has 142 valence electrons. The van der Waals surface area contributed by atoms with Crippen LogP contribution in [0.4, 0.5) is 0 Å². The molecule has 1 aliphatic carbocycles. The summed E-state index contributed by atoms with van der Waals surface area (Å²) in [4.78, 5) is 36.6. The van der Waals surface area contributed by atoms with Gasteiger partial charge in [-0.2, -0.15) is 0 Å². The van der Waals surface area contributed by atoms with Gasteiger partial charge in [-0.3, -0.25) is 14.4 Å². The van der Waals surface area contributed by atoms with E-state index in [-0.39, 0.29) is 24.9 Å². The van der Waals surface area contributed by atoms with Crippen molar-refractivity contribution in [2.75, 3.05) is 19.6 Å². The number of carboxylic acid groups (broad SMARTS) is 1. The van der Waals surface area contributed by atoms with Gasteiger partial charge in [0.1, 0.15) is 6.54 Å². The number of carbonyl (C=O) groups excluding carboxylic acids is 2. The molecule has 1 aromatic rings. The van der Waals surface area contributed by atoms with Gasteiger partial charge in [-0.25, -0.2) is 0 Å². The average Bonchev–Trinajstić information content (AvgIpc) is 3.15. The molecule has 26 heavy (non-hydrogen) atoms. The van der Waals surface area contributed by atoms with Crippen LogP contribution < -0.4 is 5.32 Å². The normalized spacial score (nSPS) is 14.2. The molecule has 0 spiro atoms. The predicted molar refractivity (Wildman–Crippen MR) is 98.6 cm³/mol. The van der Waals surface area contributed by atoms with Crippen molar-refractivity contribution >= 4 is 17.8 Å². The highest BCUT2D eigenvalue weighted by atomic mass is 16.4. The van der Waals surface area contributed by atoms with E-state index in [4.69, 9.17) is 5.11 Å². The molecule has 2 amide bonds. The Morgan fingerprint density at radius 1 is 1.12 bits per heavy atom. The van der Waals surface area contributed by atoms with Crippen LogP contribution in [0.1, 0.15) is 44.1 Å². The zero-order valence-corrected chi connectivity index (χ0v) is 15.2. The van der Waals surface area contributed by atoms with Gasteiger partial charge in [0, 0.05) is 13.0 Å². The smallest absolute Gasteiger partial charge is 0.323 e. The monoisotopic (exact) mass is 360 g/mol. The molecule has 0 heterocycles. The van der Waals surface area contributed by atoms with Crippen LogP contribution in [0.5, 0.6) is 0 Å². The summed E-state index contributed by atoms with van der Waals surface area (Å²) in [7, 11) is 0. The maximum Gasteiger partial charge on any atom is 0.323 e. The highest BCUT2D eigenvalue weighted by Crippen LogP contribution is 2.28. The Labute approximate surface area is 154 Å². The summed E-state index contributed by atoms with van der Waals surface area (Å²) in [6, 6.07) is 9.60. The Morgan fingerprint density at radius 2 is 1.81 bits per heavy atom. The van der Waals surface area contributed by atoms with E-state index in [0.717, 1.165) is 12.0 Å². The van der Waals surface area contributed by atoms with Gasteiger partial charge in [0.2, 0.25) is 11.8 Å². The first kappa shape index (κ1) is 19.9. The van der Waals surface area contributed by atoms with Gasteiger partial charge in [-0.05, 0) is 24.3 Å². The minimum absolute atomic E-state index is 0.136. The minimum Gasteiger partial charge on any atom is -0.480 e. The first-order chi connectivity index (χ1) is 12.5. The van der Waals surface area contributed by atoms with E-state index < -0.39 is 5.97 Å². The third-order valence-corrected chi connectivity index (χ3v) is 4.88. The van der Waals surface area contributed by atoms with Crippen LogP contribution in [-0.2, 0) is 20.8 Å². The topological polar surface area (TPSA) is 86.7 Å². The van der Waals surface area contributed by atoms with E-state index in [1.807, 2.05) is 30.3 Å². The van der Waals surface area contributed by atoms with Crippen molar-refractivity contribution in [2.24, 2.45) is 5.92 Å². The van der Waals surface area contributed by atoms with E-state index in [2.05, 4.69) is 5.32 Å². The molecule has 2 N–H and O–H groups in total. The standard InChI is InChI=1S/C20H28N2O4/c23-18(11-10-16-8-4-5-9-16)21-14-19(24)22(15-20(25)26)13-12-17-6-2-1-3-7-17/h1-3,6-7,16H,4-5,8-15H2,(H,21,23)(H,25,26). The number of amides is 2. The number of nitrogens with one attached hydrogen (secondary N) is 1. The van der Waals surface area contributed by atoms with Gasteiger partial charge in [-0.1, -0.05) is 56.0 Å². The van der Waals surface area contributed by atoms with E-state index in [1.165, 1.54) is 30.6 Å². The third-order valence-electron chi connectivity index (χ3n) is 4.88. The Balaban J connectivity index is 1.75. The van der Waals surface area contributed by atoms with E-state index in [1.54, 1.807) is 0 Å². The lowest BCUT2D eigenvalue weighted by Crippen LogP contribution is -2.43. The molecule has 0 aliphatic heterocycles. The van der Waals surface area contributed by atoms with E-state index in [0.29, 0.717) is 25.3 Å². The maximum absolute atomic E-state index is 12.3. The lowest BCUT2D eigenvalue weighted by Gasteiger charge is -2.21. The van der Waals surface area contributed by atoms with Gasteiger partial charge in [0.15, 0.2) is 0 Å². The van der Waals surface area contributed by atoms with Gasteiger partial charge in [0.05, 0.1) is 6.54 Å². The van der Waals surface area contributed by atoms with Crippen LogP contribution >= 0.6 is 0 Å². The first-order valence-electron chi connectivity index (χ1n) is 9.35. The van der Waals surface area contributed by atoms with Crippen molar-refractivity contribution in [1.82, 2.24) is 10.2 Å². The van der Waals surface area contributed by atoms with Gasteiger partial charge >= 0.3 is 5.97 Å². The third kappa shape index (κ3) is 7.25. The molecule has 0 radical (unpaired) electrons. The lowest BCUT2D eigenvalue weighted by atomic mass is 10.0. The number of benzene rings is 1. The summed E-state index contributed by atoms with van der Waals surface area (Å²) in [6.07, 6.45) is 6.76. The molecule has 1 aromatic carbocycles. The number of carboxylic acids is 1. The SMILES string of the molecule is O=C(O)CN(CCc1ccccc1)C(=O)CNC(=O)CCC1CCCC1.